The molecule has 128 valence electrons. The van der Waals surface area contributed by atoms with Gasteiger partial charge in [0.2, 0.25) is 0 Å². The Kier molecular flexibility index (Phi) is 6.06. The molecule has 3 rings (SSSR count). The third-order valence-corrected chi connectivity index (χ3v) is 5.40. The second-order valence-corrected chi connectivity index (χ2v) is 7.19. The van der Waals surface area contributed by atoms with Gasteiger partial charge in [-0.1, -0.05) is 60.7 Å². The van der Waals surface area contributed by atoms with Crippen LogP contribution in [0.5, 0.6) is 0 Å². The molecule has 1 aliphatic rings. The van der Waals surface area contributed by atoms with E-state index in [-0.39, 0.29) is 6.10 Å². The summed E-state index contributed by atoms with van der Waals surface area (Å²) < 4.78 is 0. The first-order valence-corrected chi connectivity index (χ1v) is 9.22. The Bertz CT molecular complexity index is 546. The molecular weight excluding hydrogens is 294 g/mol. The number of rotatable bonds is 6. The van der Waals surface area contributed by atoms with Crippen molar-refractivity contribution in [2.75, 3.05) is 0 Å². The van der Waals surface area contributed by atoms with Gasteiger partial charge in [0.1, 0.15) is 0 Å². The summed E-state index contributed by atoms with van der Waals surface area (Å²) in [5, 5.41) is 9.86. The predicted molar refractivity (Wildman–Crippen MR) is 99.6 cm³/mol. The Hall–Kier alpha value is -1.64. The molecule has 2 aromatic rings. The fourth-order valence-electron chi connectivity index (χ4n) is 3.90. The highest BCUT2D eigenvalue weighted by molar-refractivity contribution is 5.17. The second-order valence-electron chi connectivity index (χ2n) is 7.19. The zero-order valence-electron chi connectivity index (χ0n) is 14.6. The van der Waals surface area contributed by atoms with Crippen LogP contribution in [0.4, 0.5) is 0 Å². The van der Waals surface area contributed by atoms with E-state index in [2.05, 4.69) is 65.6 Å². The molecule has 1 fully saturated rings. The van der Waals surface area contributed by atoms with Gasteiger partial charge in [-0.15, -0.1) is 0 Å². The zero-order chi connectivity index (χ0) is 16.8. The van der Waals surface area contributed by atoms with Gasteiger partial charge in [0.15, 0.2) is 0 Å². The first kappa shape index (κ1) is 17.2. The molecule has 0 heterocycles. The van der Waals surface area contributed by atoms with Crippen molar-refractivity contribution in [1.82, 2.24) is 4.90 Å². The molecule has 0 amide bonds. The lowest BCUT2D eigenvalue weighted by Crippen LogP contribution is -2.38. The molecule has 0 radical (unpaired) electrons. The van der Waals surface area contributed by atoms with E-state index in [1.54, 1.807) is 0 Å². The van der Waals surface area contributed by atoms with E-state index in [9.17, 15) is 5.11 Å². The van der Waals surface area contributed by atoms with Gasteiger partial charge in [-0.25, -0.2) is 0 Å². The molecule has 2 nitrogen and oxygen atoms in total. The van der Waals surface area contributed by atoms with E-state index >= 15 is 0 Å². The van der Waals surface area contributed by atoms with Crippen LogP contribution in [-0.2, 0) is 13.1 Å². The maximum absolute atomic E-state index is 9.86. The SMILES string of the molecule is CC(O)C1CCC(N(Cc2ccccc2)Cc2ccccc2)CC1. The summed E-state index contributed by atoms with van der Waals surface area (Å²) in [7, 11) is 0. The van der Waals surface area contributed by atoms with Gasteiger partial charge in [0.25, 0.3) is 0 Å². The van der Waals surface area contributed by atoms with Gasteiger partial charge in [-0.3, -0.25) is 4.90 Å². The summed E-state index contributed by atoms with van der Waals surface area (Å²) in [6.07, 6.45) is 4.50. The molecule has 0 saturated heterocycles. The van der Waals surface area contributed by atoms with Crippen LogP contribution < -0.4 is 0 Å². The van der Waals surface area contributed by atoms with Crippen LogP contribution in [0.1, 0.15) is 43.7 Å². The van der Waals surface area contributed by atoms with Crippen molar-refractivity contribution < 1.29 is 5.11 Å². The molecule has 2 heteroatoms. The molecule has 1 saturated carbocycles. The molecule has 1 aliphatic carbocycles. The third-order valence-electron chi connectivity index (χ3n) is 5.40. The highest BCUT2D eigenvalue weighted by Crippen LogP contribution is 2.31. The molecule has 1 N–H and O–H groups in total. The first-order valence-electron chi connectivity index (χ1n) is 9.22. The molecule has 0 aromatic heterocycles. The quantitative estimate of drug-likeness (QED) is 0.838. The van der Waals surface area contributed by atoms with Gasteiger partial charge in [0, 0.05) is 19.1 Å². The summed E-state index contributed by atoms with van der Waals surface area (Å²) in [6.45, 7) is 3.94. The molecule has 2 aromatic carbocycles. The Morgan fingerprint density at radius 3 is 1.71 bits per heavy atom. The van der Waals surface area contributed by atoms with E-state index in [4.69, 9.17) is 0 Å². The van der Waals surface area contributed by atoms with Crippen LogP contribution in [0.25, 0.3) is 0 Å². The Morgan fingerprint density at radius 1 is 0.833 bits per heavy atom. The highest BCUT2D eigenvalue weighted by atomic mass is 16.3. The number of nitrogens with zero attached hydrogens (tertiary/aromatic N) is 1. The molecule has 1 atom stereocenters. The molecular formula is C22H29NO. The maximum Gasteiger partial charge on any atom is 0.0540 e. The molecule has 1 unspecified atom stereocenters. The van der Waals surface area contributed by atoms with Crippen LogP contribution >= 0.6 is 0 Å². The highest BCUT2D eigenvalue weighted by Gasteiger charge is 2.28. The van der Waals surface area contributed by atoms with Gasteiger partial charge in [-0.2, -0.15) is 0 Å². The molecule has 0 spiro atoms. The third kappa shape index (κ3) is 4.68. The lowest BCUT2D eigenvalue weighted by molar-refractivity contribution is 0.0610. The number of hydrogen-bond acceptors (Lipinski definition) is 2. The minimum absolute atomic E-state index is 0.164. The van der Waals surface area contributed by atoms with Crippen molar-refractivity contribution in [2.24, 2.45) is 5.92 Å². The number of aliphatic hydroxyl groups is 1. The van der Waals surface area contributed by atoms with E-state index in [0.717, 1.165) is 25.9 Å². The molecule has 0 aliphatic heterocycles. The zero-order valence-corrected chi connectivity index (χ0v) is 14.6. The normalized spacial score (nSPS) is 22.5. The summed E-state index contributed by atoms with van der Waals surface area (Å²) >= 11 is 0. The number of hydrogen-bond donors (Lipinski definition) is 1. The van der Waals surface area contributed by atoms with Crippen LogP contribution in [0.3, 0.4) is 0 Å². The van der Waals surface area contributed by atoms with Gasteiger partial charge >= 0.3 is 0 Å². The largest absolute Gasteiger partial charge is 0.393 e. The van der Waals surface area contributed by atoms with Gasteiger partial charge in [-0.05, 0) is 49.7 Å². The summed E-state index contributed by atoms with van der Waals surface area (Å²) in [4.78, 5) is 2.63. The molecule has 24 heavy (non-hydrogen) atoms. The smallest absolute Gasteiger partial charge is 0.0540 e. The van der Waals surface area contributed by atoms with Crippen LogP contribution in [0.2, 0.25) is 0 Å². The van der Waals surface area contributed by atoms with Crippen molar-refractivity contribution in [3.05, 3.63) is 71.8 Å². The summed E-state index contributed by atoms with van der Waals surface area (Å²) in [5.74, 6) is 0.483. The standard InChI is InChI=1S/C22H29NO/c1-18(24)21-12-14-22(15-13-21)23(16-19-8-4-2-5-9-19)17-20-10-6-3-7-11-20/h2-11,18,21-22,24H,12-17H2,1H3. The van der Waals surface area contributed by atoms with Crippen molar-refractivity contribution >= 4 is 0 Å². The average molecular weight is 323 g/mol. The lowest BCUT2D eigenvalue weighted by atomic mass is 9.82. The van der Waals surface area contributed by atoms with E-state index in [1.165, 1.54) is 24.0 Å². The lowest BCUT2D eigenvalue weighted by Gasteiger charge is -2.38. The number of aliphatic hydroxyl groups excluding tert-OH is 1. The van der Waals surface area contributed by atoms with Crippen LogP contribution in [0.15, 0.2) is 60.7 Å². The minimum atomic E-state index is -0.164. The Morgan fingerprint density at radius 2 is 1.29 bits per heavy atom. The molecule has 0 bridgehead atoms. The van der Waals surface area contributed by atoms with E-state index < -0.39 is 0 Å². The fraction of sp³-hybridized carbons (Fsp3) is 0.455. The number of benzene rings is 2. The Balaban J connectivity index is 1.70. The first-order chi connectivity index (χ1) is 11.7. The average Bonchev–Trinajstić information content (AvgIpc) is 2.63. The summed E-state index contributed by atoms with van der Waals surface area (Å²) in [5.41, 5.74) is 2.76. The predicted octanol–water partition coefficient (Wildman–Crippen LogP) is 4.63. The van der Waals surface area contributed by atoms with Gasteiger partial charge < -0.3 is 5.11 Å². The van der Waals surface area contributed by atoms with Crippen molar-refractivity contribution in [2.45, 2.75) is 57.8 Å². The van der Waals surface area contributed by atoms with E-state index in [1.807, 2.05) is 6.92 Å². The van der Waals surface area contributed by atoms with Crippen LogP contribution in [0, 0.1) is 5.92 Å². The second kappa shape index (κ2) is 8.46. The van der Waals surface area contributed by atoms with Crippen molar-refractivity contribution in [3.63, 3.8) is 0 Å². The van der Waals surface area contributed by atoms with Gasteiger partial charge in [0.05, 0.1) is 6.10 Å². The fourth-order valence-corrected chi connectivity index (χ4v) is 3.90. The maximum atomic E-state index is 9.86. The minimum Gasteiger partial charge on any atom is -0.393 e. The van der Waals surface area contributed by atoms with Crippen LogP contribution in [-0.4, -0.2) is 22.2 Å². The van der Waals surface area contributed by atoms with Crippen molar-refractivity contribution in [1.29, 1.82) is 0 Å². The van der Waals surface area contributed by atoms with E-state index in [0.29, 0.717) is 12.0 Å². The topological polar surface area (TPSA) is 23.5 Å². The summed E-state index contributed by atoms with van der Waals surface area (Å²) in [6, 6.07) is 22.2. The Labute approximate surface area is 146 Å². The van der Waals surface area contributed by atoms with Crippen molar-refractivity contribution in [3.8, 4) is 0 Å². The monoisotopic (exact) mass is 323 g/mol.